The van der Waals surface area contributed by atoms with E-state index in [2.05, 4.69) is 40.9 Å². The molecule has 428 valence electrons. The van der Waals surface area contributed by atoms with Gasteiger partial charge in [-0.05, 0) is 80.3 Å². The van der Waals surface area contributed by atoms with E-state index in [0.717, 1.165) is 43.3 Å². The van der Waals surface area contributed by atoms with E-state index in [1.807, 2.05) is 0 Å². The van der Waals surface area contributed by atoms with Gasteiger partial charge < -0.3 is 86.0 Å². The van der Waals surface area contributed by atoms with Gasteiger partial charge in [0, 0.05) is 63.9 Å². The average molecular weight is 1080 g/mol. The van der Waals surface area contributed by atoms with Gasteiger partial charge in [0.2, 0.25) is 0 Å². The summed E-state index contributed by atoms with van der Waals surface area (Å²) in [4.78, 5) is 14.5. The number of hydrogen-bond donors (Lipinski definition) is 2. The number of fused-ring (bicyclic) bond motifs is 10. The Labute approximate surface area is 451 Å². The first-order valence-electron chi connectivity index (χ1n) is 29.9. The topological polar surface area (TPSA) is 205 Å². The van der Waals surface area contributed by atoms with E-state index in [9.17, 15) is 15.0 Å². The quantitative estimate of drug-likeness (QED) is 0.279. The Kier molecular flexibility index (Phi) is 13.1. The number of aliphatic hydroxyl groups excluding tert-OH is 2. The molecule has 0 saturated carbocycles. The molecule has 19 heteroatoms. The highest BCUT2D eigenvalue weighted by Gasteiger charge is 2.70. The Morgan fingerprint density at radius 3 is 2.08 bits per heavy atom. The van der Waals surface area contributed by atoms with E-state index in [-0.39, 0.29) is 128 Å². The molecule has 12 bridgehead atoms. The summed E-state index contributed by atoms with van der Waals surface area (Å²) in [5, 5.41) is 20.2. The SMILES string of the molecule is C=C1CC2CCC34CC5OC6C(OC7CCC(CC(=O)OC8C(CC9OC(CCC1O2)CC(C)C9=C)OC1OC2OC9(CC2OC1C8C)CC1OC2(CC(C)C8OC(C(O)CCO)CC8O2)CC(C)C1O9)OC7C6O3)C5O4. The molecule has 0 radical (unpaired) electrons. The second-order valence-corrected chi connectivity index (χ2v) is 26.5. The molecule has 0 aromatic carbocycles. The summed E-state index contributed by atoms with van der Waals surface area (Å²) < 4.78 is 109. The van der Waals surface area contributed by atoms with Gasteiger partial charge in [-0.25, -0.2) is 0 Å². The number of rotatable bonds is 3. The van der Waals surface area contributed by atoms with Crippen LogP contribution in [0.2, 0.25) is 0 Å². The van der Waals surface area contributed by atoms with Crippen LogP contribution in [0.5, 0.6) is 0 Å². The highest BCUT2D eigenvalue weighted by Crippen LogP contribution is 2.57. The Hall–Kier alpha value is -1.73. The van der Waals surface area contributed by atoms with Crippen molar-refractivity contribution in [2.75, 3.05) is 6.61 Å². The van der Waals surface area contributed by atoms with Gasteiger partial charge in [-0.1, -0.05) is 40.9 Å². The summed E-state index contributed by atoms with van der Waals surface area (Å²) in [6, 6.07) is 0. The number of esters is 1. The minimum Gasteiger partial charge on any atom is -0.459 e. The van der Waals surface area contributed by atoms with Crippen molar-refractivity contribution in [1.82, 2.24) is 0 Å². The van der Waals surface area contributed by atoms with Crippen LogP contribution in [0.1, 0.15) is 137 Å². The molecule has 31 unspecified atom stereocenters. The molecule has 16 rings (SSSR count). The Morgan fingerprint density at radius 2 is 1.22 bits per heavy atom. The predicted octanol–water partition coefficient (Wildman–Crippen LogP) is 5.11. The predicted molar refractivity (Wildman–Crippen MR) is 264 cm³/mol. The normalized spacial score (nSPS) is 57.9. The zero-order valence-electron chi connectivity index (χ0n) is 45.1. The Balaban J connectivity index is 0.663. The largest absolute Gasteiger partial charge is 0.459 e. The number of aliphatic hydroxyl groups is 2. The molecule has 31 atom stereocenters. The van der Waals surface area contributed by atoms with Gasteiger partial charge in [0.25, 0.3) is 0 Å². The molecule has 16 saturated heterocycles. The molecule has 16 aliphatic rings. The molecule has 0 amide bonds. The fourth-order valence-corrected chi connectivity index (χ4v) is 17.4. The van der Waals surface area contributed by atoms with Gasteiger partial charge in [0.05, 0.1) is 85.8 Å². The molecule has 3 spiro atoms. The number of carbonyl (C=O) groups is 1. The van der Waals surface area contributed by atoms with Crippen LogP contribution in [0.15, 0.2) is 24.3 Å². The van der Waals surface area contributed by atoms with Gasteiger partial charge >= 0.3 is 5.97 Å². The van der Waals surface area contributed by atoms with Crippen molar-refractivity contribution in [2.24, 2.45) is 23.7 Å². The maximum atomic E-state index is 14.5. The summed E-state index contributed by atoms with van der Waals surface area (Å²) in [7, 11) is 0. The van der Waals surface area contributed by atoms with Crippen molar-refractivity contribution in [3.63, 3.8) is 0 Å². The lowest BCUT2D eigenvalue weighted by Gasteiger charge is -2.50. The smallest absolute Gasteiger partial charge is 0.308 e. The minimum absolute atomic E-state index is 0.00799. The standard InChI is InChI=1S/C58H82O19/c1-25-15-31-7-9-35-26(2)16-33(62-35)11-13-56-22-41-50(75-56)51-52(67-41)53(76-56)49-36(65-51)10-8-32(64-49)17-44(61)70-47-30(6)48-55(69-39(47)18-37(63-31)29(25)5)71-54-43(68-48)24-58(77-54)23-42-46(74-58)28(4)21-57(73-42)20-27(3)45-40(72-57)19-38(66-45)34(60)12-14-59/h25,27-28,30-43,45-55,59-60H,2,5,7-24H2,1,3-4,6H3. The van der Waals surface area contributed by atoms with Crippen molar-refractivity contribution in [2.45, 2.75) is 301 Å². The van der Waals surface area contributed by atoms with Crippen molar-refractivity contribution < 1.29 is 90.8 Å². The molecule has 0 aliphatic carbocycles. The number of ether oxygens (including phenoxy) is 16. The highest BCUT2D eigenvalue weighted by atomic mass is 16.9. The zero-order chi connectivity index (χ0) is 52.4. The van der Waals surface area contributed by atoms with Crippen molar-refractivity contribution in [3.05, 3.63) is 24.3 Å². The van der Waals surface area contributed by atoms with E-state index in [1.54, 1.807) is 0 Å². The molecule has 2 N–H and O–H groups in total. The molecule has 77 heavy (non-hydrogen) atoms. The van der Waals surface area contributed by atoms with Gasteiger partial charge in [-0.2, -0.15) is 0 Å². The maximum absolute atomic E-state index is 14.5. The second kappa shape index (κ2) is 19.4. The first-order chi connectivity index (χ1) is 37.1. The van der Waals surface area contributed by atoms with Crippen LogP contribution in [0.25, 0.3) is 0 Å². The van der Waals surface area contributed by atoms with Crippen LogP contribution >= 0.6 is 0 Å². The molecule has 16 fully saturated rings. The van der Waals surface area contributed by atoms with E-state index in [0.29, 0.717) is 64.2 Å². The van der Waals surface area contributed by atoms with Gasteiger partial charge in [0.15, 0.2) is 29.9 Å². The van der Waals surface area contributed by atoms with Crippen molar-refractivity contribution in [1.29, 1.82) is 0 Å². The first-order valence-corrected chi connectivity index (χ1v) is 29.9. The monoisotopic (exact) mass is 1080 g/mol. The van der Waals surface area contributed by atoms with Crippen molar-refractivity contribution >= 4 is 5.97 Å². The van der Waals surface area contributed by atoms with E-state index in [1.165, 1.54) is 0 Å². The summed E-state index contributed by atoms with van der Waals surface area (Å²) in [5.74, 6) is -2.99. The molecule has 16 aliphatic heterocycles. The lowest BCUT2D eigenvalue weighted by atomic mass is 9.80. The molecular formula is C58H82O19. The van der Waals surface area contributed by atoms with Crippen LogP contribution in [-0.2, 0) is 80.6 Å². The molecule has 19 nitrogen and oxygen atoms in total. The fraction of sp³-hybridized carbons (Fsp3) is 0.914. The average Bonchev–Trinajstić information content (AvgIpc) is 4.41. The van der Waals surface area contributed by atoms with Crippen LogP contribution in [-0.4, -0.2) is 187 Å². The van der Waals surface area contributed by atoms with E-state index >= 15 is 0 Å². The van der Waals surface area contributed by atoms with Gasteiger partial charge in [0.1, 0.15) is 54.9 Å². The van der Waals surface area contributed by atoms with Crippen LogP contribution < -0.4 is 0 Å². The lowest BCUT2D eigenvalue weighted by molar-refractivity contribution is -0.392. The highest BCUT2D eigenvalue weighted by molar-refractivity contribution is 5.70. The van der Waals surface area contributed by atoms with Gasteiger partial charge in [-0.15, -0.1) is 0 Å². The summed E-state index contributed by atoms with van der Waals surface area (Å²) >= 11 is 0. The van der Waals surface area contributed by atoms with Crippen LogP contribution in [0, 0.1) is 23.7 Å². The maximum Gasteiger partial charge on any atom is 0.308 e. The number of carbonyl (C=O) groups excluding carboxylic acids is 1. The third kappa shape index (κ3) is 8.94. The van der Waals surface area contributed by atoms with E-state index in [4.69, 9.17) is 75.8 Å². The lowest BCUT2D eigenvalue weighted by Crippen LogP contribution is -2.62. The molecular weight excluding hydrogens is 1000 g/mol. The van der Waals surface area contributed by atoms with Crippen LogP contribution in [0.3, 0.4) is 0 Å². The summed E-state index contributed by atoms with van der Waals surface area (Å²) in [6.45, 7) is 17.6. The molecule has 0 aromatic rings. The molecule has 0 aromatic heterocycles. The minimum atomic E-state index is -1.02. The summed E-state index contributed by atoms with van der Waals surface area (Å²) in [6.07, 6.45) is 1.20. The third-order valence-corrected chi connectivity index (χ3v) is 21.1. The fourth-order valence-electron chi connectivity index (χ4n) is 17.4. The number of hydrogen-bond acceptors (Lipinski definition) is 19. The van der Waals surface area contributed by atoms with E-state index < -0.39 is 84.9 Å². The zero-order valence-corrected chi connectivity index (χ0v) is 45.1. The second-order valence-electron chi connectivity index (χ2n) is 26.5. The molecule has 16 heterocycles. The summed E-state index contributed by atoms with van der Waals surface area (Å²) in [5.41, 5.74) is 2.11. The third-order valence-electron chi connectivity index (χ3n) is 21.1. The van der Waals surface area contributed by atoms with Crippen LogP contribution in [0.4, 0.5) is 0 Å². The van der Waals surface area contributed by atoms with Crippen molar-refractivity contribution in [3.8, 4) is 0 Å². The first kappa shape index (κ1) is 52.1. The van der Waals surface area contributed by atoms with Gasteiger partial charge in [-0.3, -0.25) is 4.79 Å². The Morgan fingerprint density at radius 1 is 0.519 bits per heavy atom. The Bertz CT molecular complexity index is 2290.